The molecule has 0 aromatic heterocycles. The number of unbranched alkanes of at least 4 members (excludes halogenated alkanes) is 5. The summed E-state index contributed by atoms with van der Waals surface area (Å²) >= 11 is 1.25. The molecule has 0 N–H and O–H groups in total. The minimum Gasteiger partial charge on any atom is -0.456 e. The summed E-state index contributed by atoms with van der Waals surface area (Å²) in [7, 11) is 0. The third-order valence-electron chi connectivity index (χ3n) is 3.54. The minimum absolute atomic E-state index is 0.0418. The molecule has 0 bridgehead atoms. The highest BCUT2D eigenvalue weighted by Gasteiger charge is 2.33. The summed E-state index contributed by atoms with van der Waals surface area (Å²) in [4.78, 5) is 25.9. The molecule has 134 valence electrons. The van der Waals surface area contributed by atoms with Gasteiger partial charge in [-0.2, -0.15) is 5.26 Å². The Morgan fingerprint density at radius 3 is 2.46 bits per heavy atom. The Hall–Kier alpha value is -1.48. The van der Waals surface area contributed by atoms with E-state index in [4.69, 9.17) is 4.74 Å². The van der Waals surface area contributed by atoms with Crippen molar-refractivity contribution in [2.45, 2.75) is 71.8 Å². The summed E-state index contributed by atoms with van der Waals surface area (Å²) in [5.74, 6) is -0.422. The lowest BCUT2D eigenvalue weighted by atomic mass is 10.1. The standard InChI is InChI=1S/C18H28N2O3S/c1-5-6-7-8-9-10-11-20-15(21)13-24-16(20)14(12-19)17(22)23-18(2,3)4/h5-11,13H2,1-4H3/b16-14+. The normalized spacial score (nSPS) is 17.0. The third-order valence-corrected chi connectivity index (χ3v) is 4.63. The van der Waals surface area contributed by atoms with E-state index < -0.39 is 11.6 Å². The van der Waals surface area contributed by atoms with Gasteiger partial charge in [0.05, 0.1) is 5.75 Å². The highest BCUT2D eigenvalue weighted by atomic mass is 32.2. The number of thioether (sulfide) groups is 1. The van der Waals surface area contributed by atoms with Gasteiger partial charge in [-0.25, -0.2) is 4.79 Å². The molecule has 1 fully saturated rings. The second kappa shape index (κ2) is 9.73. The van der Waals surface area contributed by atoms with Gasteiger partial charge in [-0.1, -0.05) is 50.8 Å². The van der Waals surface area contributed by atoms with E-state index in [1.165, 1.54) is 31.0 Å². The van der Waals surface area contributed by atoms with Gasteiger partial charge in [-0.05, 0) is 27.2 Å². The largest absolute Gasteiger partial charge is 0.456 e. The fraction of sp³-hybridized carbons (Fsp3) is 0.722. The van der Waals surface area contributed by atoms with Crippen LogP contribution in [0.1, 0.15) is 66.2 Å². The van der Waals surface area contributed by atoms with Crippen LogP contribution in [0.3, 0.4) is 0 Å². The molecule has 1 aliphatic rings. The van der Waals surface area contributed by atoms with Crippen LogP contribution in [-0.4, -0.2) is 34.7 Å². The van der Waals surface area contributed by atoms with E-state index in [2.05, 4.69) is 6.92 Å². The lowest BCUT2D eigenvalue weighted by Gasteiger charge is -2.21. The van der Waals surface area contributed by atoms with Gasteiger partial charge in [0.25, 0.3) is 0 Å². The van der Waals surface area contributed by atoms with Crippen molar-refractivity contribution in [2.24, 2.45) is 0 Å². The summed E-state index contributed by atoms with van der Waals surface area (Å²) in [5.41, 5.74) is -0.733. The number of amides is 1. The Labute approximate surface area is 149 Å². The van der Waals surface area contributed by atoms with Crippen molar-refractivity contribution in [1.29, 1.82) is 5.26 Å². The molecule has 0 unspecified atom stereocenters. The maximum absolute atomic E-state index is 12.2. The topological polar surface area (TPSA) is 70.4 Å². The Morgan fingerprint density at radius 2 is 1.88 bits per heavy atom. The van der Waals surface area contributed by atoms with Crippen LogP contribution in [0.5, 0.6) is 0 Å². The number of hydrogen-bond donors (Lipinski definition) is 0. The highest BCUT2D eigenvalue weighted by molar-refractivity contribution is 8.04. The summed E-state index contributed by atoms with van der Waals surface area (Å²) in [6, 6.07) is 1.93. The Morgan fingerprint density at radius 1 is 1.25 bits per heavy atom. The minimum atomic E-state index is -0.670. The second-order valence-corrected chi connectivity index (χ2v) is 7.86. The first-order chi connectivity index (χ1) is 11.3. The summed E-state index contributed by atoms with van der Waals surface area (Å²) in [6.45, 7) is 8.00. The Balaban J connectivity index is 2.73. The van der Waals surface area contributed by atoms with Crippen LogP contribution in [0.2, 0.25) is 0 Å². The van der Waals surface area contributed by atoms with Crippen LogP contribution in [0.15, 0.2) is 10.6 Å². The third kappa shape index (κ3) is 6.56. The molecule has 0 aliphatic carbocycles. The molecular weight excluding hydrogens is 324 g/mol. The Bertz CT molecular complexity index is 529. The van der Waals surface area contributed by atoms with Gasteiger partial charge in [-0.3, -0.25) is 4.79 Å². The van der Waals surface area contributed by atoms with E-state index in [0.717, 1.165) is 19.3 Å². The first kappa shape index (κ1) is 20.6. The number of ether oxygens (including phenoxy) is 1. The van der Waals surface area contributed by atoms with Crippen molar-refractivity contribution in [3.05, 3.63) is 10.6 Å². The maximum atomic E-state index is 12.2. The van der Waals surface area contributed by atoms with Gasteiger partial charge in [-0.15, -0.1) is 0 Å². The monoisotopic (exact) mass is 352 g/mol. The van der Waals surface area contributed by atoms with Gasteiger partial charge in [0.1, 0.15) is 16.7 Å². The zero-order valence-corrected chi connectivity index (χ0v) is 16.0. The Kier molecular flexibility index (Phi) is 8.34. The van der Waals surface area contributed by atoms with Gasteiger partial charge >= 0.3 is 5.97 Å². The molecular formula is C18H28N2O3S. The maximum Gasteiger partial charge on any atom is 0.352 e. The molecule has 0 aromatic rings. The molecule has 0 spiro atoms. The van der Waals surface area contributed by atoms with Crippen molar-refractivity contribution in [3.63, 3.8) is 0 Å². The van der Waals surface area contributed by atoms with Gasteiger partial charge in [0, 0.05) is 6.54 Å². The lowest BCUT2D eigenvalue weighted by Crippen LogP contribution is -2.29. The number of nitrogens with zero attached hydrogens (tertiary/aromatic N) is 2. The average molecular weight is 353 g/mol. The van der Waals surface area contributed by atoms with Crippen LogP contribution < -0.4 is 0 Å². The molecule has 1 saturated heterocycles. The van der Waals surface area contributed by atoms with Crippen molar-refractivity contribution < 1.29 is 14.3 Å². The fourth-order valence-electron chi connectivity index (χ4n) is 2.39. The number of esters is 1. The molecule has 0 radical (unpaired) electrons. The molecule has 1 aliphatic heterocycles. The van der Waals surface area contributed by atoms with E-state index >= 15 is 0 Å². The first-order valence-electron chi connectivity index (χ1n) is 8.61. The summed E-state index contributed by atoms with van der Waals surface area (Å²) in [5, 5.41) is 9.82. The van der Waals surface area contributed by atoms with Gasteiger partial charge in [0.15, 0.2) is 5.57 Å². The van der Waals surface area contributed by atoms with Gasteiger partial charge in [0.2, 0.25) is 5.91 Å². The number of carbonyl (C=O) groups excluding carboxylic acids is 2. The average Bonchev–Trinajstić information content (AvgIpc) is 2.83. The van der Waals surface area contributed by atoms with Crippen LogP contribution in [-0.2, 0) is 14.3 Å². The number of rotatable bonds is 8. The van der Waals surface area contributed by atoms with E-state index in [1.54, 1.807) is 25.7 Å². The van der Waals surface area contributed by atoms with Gasteiger partial charge < -0.3 is 9.64 Å². The summed E-state index contributed by atoms with van der Waals surface area (Å²) in [6.07, 6.45) is 6.74. The molecule has 0 atom stereocenters. The molecule has 0 aromatic carbocycles. The smallest absolute Gasteiger partial charge is 0.352 e. The van der Waals surface area contributed by atoms with Crippen molar-refractivity contribution in [1.82, 2.24) is 4.90 Å². The predicted molar refractivity (Wildman–Crippen MR) is 96.0 cm³/mol. The highest BCUT2D eigenvalue weighted by Crippen LogP contribution is 2.32. The molecule has 1 rings (SSSR count). The molecule has 0 saturated carbocycles. The van der Waals surface area contributed by atoms with Crippen LogP contribution in [0, 0.1) is 11.3 Å². The molecule has 1 heterocycles. The van der Waals surface area contributed by atoms with Crippen molar-refractivity contribution in [2.75, 3.05) is 12.3 Å². The van der Waals surface area contributed by atoms with E-state index in [1.807, 2.05) is 6.07 Å². The molecule has 1 amide bonds. The van der Waals surface area contributed by atoms with E-state index in [9.17, 15) is 14.9 Å². The molecule has 24 heavy (non-hydrogen) atoms. The van der Waals surface area contributed by atoms with Crippen LogP contribution in [0.25, 0.3) is 0 Å². The zero-order valence-electron chi connectivity index (χ0n) is 15.2. The van der Waals surface area contributed by atoms with E-state index in [0.29, 0.717) is 11.6 Å². The molecule has 5 nitrogen and oxygen atoms in total. The lowest BCUT2D eigenvalue weighted by molar-refractivity contribution is -0.149. The number of nitriles is 1. The van der Waals surface area contributed by atoms with Crippen molar-refractivity contribution >= 4 is 23.6 Å². The number of carbonyl (C=O) groups is 2. The van der Waals surface area contributed by atoms with E-state index in [-0.39, 0.29) is 17.2 Å². The van der Waals surface area contributed by atoms with Crippen LogP contribution >= 0.6 is 11.8 Å². The van der Waals surface area contributed by atoms with Crippen LogP contribution in [0.4, 0.5) is 0 Å². The zero-order chi connectivity index (χ0) is 18.2. The SMILES string of the molecule is CCCCCCCCN1C(=O)CS/C1=C(\C#N)C(=O)OC(C)(C)C. The first-order valence-corrected chi connectivity index (χ1v) is 9.59. The quantitative estimate of drug-likeness (QED) is 0.286. The predicted octanol–water partition coefficient (Wildman–Crippen LogP) is 4.00. The van der Waals surface area contributed by atoms with Crippen molar-refractivity contribution in [3.8, 4) is 6.07 Å². The fourth-order valence-corrected chi connectivity index (χ4v) is 3.43. The summed E-state index contributed by atoms with van der Waals surface area (Å²) < 4.78 is 5.29. The second-order valence-electron chi connectivity index (χ2n) is 6.90. The molecule has 6 heteroatoms. The number of hydrogen-bond acceptors (Lipinski definition) is 5.